The highest BCUT2D eigenvalue weighted by molar-refractivity contribution is 5.46. The first-order valence-electron chi connectivity index (χ1n) is 6.81. The smallest absolute Gasteiger partial charge is 0.0671 e. The first-order chi connectivity index (χ1) is 8.36. The maximum absolute atomic E-state index is 10.3. The van der Waals surface area contributed by atoms with Crippen molar-refractivity contribution in [1.82, 2.24) is 0 Å². The van der Waals surface area contributed by atoms with Crippen LogP contribution < -0.4 is 0 Å². The van der Waals surface area contributed by atoms with Gasteiger partial charge in [0.1, 0.15) is 0 Å². The van der Waals surface area contributed by atoms with Crippen LogP contribution in [0.1, 0.15) is 29.4 Å². The summed E-state index contributed by atoms with van der Waals surface area (Å²) >= 11 is 0. The molecule has 4 bridgehead atoms. The molecule has 0 aliphatic heterocycles. The van der Waals surface area contributed by atoms with E-state index in [2.05, 4.69) is 36.4 Å². The number of hydrogen-bond donors (Lipinski definition) is 1. The normalized spacial score (nSPS) is 51.9. The minimum atomic E-state index is -0.0791. The van der Waals surface area contributed by atoms with E-state index in [1.807, 2.05) is 0 Å². The zero-order valence-electron chi connectivity index (χ0n) is 9.66. The fourth-order valence-corrected chi connectivity index (χ4v) is 5.48. The van der Waals surface area contributed by atoms with Gasteiger partial charge in [0, 0.05) is 11.8 Å². The SMILES string of the molecule is OC1[C@H]2C=C[C@H]1[C@H]1[C@H]2[C@H]2C[C@@H]1c1ccccc12. The highest BCUT2D eigenvalue weighted by atomic mass is 16.3. The summed E-state index contributed by atoms with van der Waals surface area (Å²) in [6, 6.07) is 8.98. The zero-order chi connectivity index (χ0) is 11.1. The Hall–Kier alpha value is -1.08. The predicted octanol–water partition coefficient (Wildman–Crippen LogP) is 2.68. The molecule has 0 heterocycles. The molecular weight excluding hydrogens is 208 g/mol. The van der Waals surface area contributed by atoms with Crippen molar-refractivity contribution in [3.8, 4) is 0 Å². The van der Waals surface area contributed by atoms with Gasteiger partial charge in [-0.2, -0.15) is 0 Å². The lowest BCUT2D eigenvalue weighted by molar-refractivity contribution is 0.121. The lowest BCUT2D eigenvalue weighted by atomic mass is 9.71. The van der Waals surface area contributed by atoms with E-state index in [1.165, 1.54) is 6.42 Å². The molecule has 86 valence electrons. The molecule has 4 aliphatic carbocycles. The molecule has 0 aromatic heterocycles. The fourth-order valence-electron chi connectivity index (χ4n) is 5.48. The Balaban J connectivity index is 1.71. The highest BCUT2D eigenvalue weighted by Gasteiger charge is 2.63. The van der Waals surface area contributed by atoms with Crippen molar-refractivity contribution >= 4 is 0 Å². The molecule has 0 spiro atoms. The molecule has 5 rings (SSSR count). The van der Waals surface area contributed by atoms with E-state index in [9.17, 15) is 5.11 Å². The van der Waals surface area contributed by atoms with Crippen LogP contribution in [0.4, 0.5) is 0 Å². The molecule has 17 heavy (non-hydrogen) atoms. The summed E-state index contributed by atoms with van der Waals surface area (Å²) in [7, 11) is 0. The molecule has 4 aliphatic rings. The Morgan fingerprint density at radius 3 is 1.94 bits per heavy atom. The van der Waals surface area contributed by atoms with E-state index in [0.29, 0.717) is 11.8 Å². The van der Waals surface area contributed by atoms with Crippen molar-refractivity contribution in [3.63, 3.8) is 0 Å². The van der Waals surface area contributed by atoms with Crippen molar-refractivity contribution < 1.29 is 5.11 Å². The zero-order valence-corrected chi connectivity index (χ0v) is 9.66. The summed E-state index contributed by atoms with van der Waals surface area (Å²) in [6.07, 6.45) is 5.85. The van der Waals surface area contributed by atoms with Crippen LogP contribution in [0.25, 0.3) is 0 Å². The number of hydrogen-bond acceptors (Lipinski definition) is 1. The van der Waals surface area contributed by atoms with E-state index in [1.54, 1.807) is 11.1 Å². The lowest BCUT2D eigenvalue weighted by Crippen LogP contribution is -2.25. The standard InChI is InChI=1S/C16H16O/c17-16-10-5-6-11(16)15-13-7-12(14(10)15)8-3-1-2-4-9(8)13/h1-6,10-17H,7H2/t10-,11-,12-,13+,14+,15+,16?/m0/s1. The van der Waals surface area contributed by atoms with Gasteiger partial charge in [0.05, 0.1) is 6.10 Å². The Kier molecular flexibility index (Phi) is 1.40. The second-order valence-corrected chi connectivity index (χ2v) is 6.26. The van der Waals surface area contributed by atoms with Crippen LogP contribution >= 0.6 is 0 Å². The first kappa shape index (κ1) is 8.93. The Bertz CT molecular complexity index is 487. The summed E-state index contributed by atoms with van der Waals surface area (Å²) in [5.41, 5.74) is 3.18. The second-order valence-electron chi connectivity index (χ2n) is 6.26. The molecule has 1 unspecified atom stereocenters. The average molecular weight is 224 g/mol. The van der Waals surface area contributed by atoms with Gasteiger partial charge in [0.25, 0.3) is 0 Å². The number of rotatable bonds is 0. The molecule has 1 N–H and O–H groups in total. The molecular formula is C16H16O. The van der Waals surface area contributed by atoms with Gasteiger partial charge in [-0.3, -0.25) is 0 Å². The molecule has 0 saturated heterocycles. The minimum absolute atomic E-state index is 0.0791. The van der Waals surface area contributed by atoms with Gasteiger partial charge in [0.2, 0.25) is 0 Å². The minimum Gasteiger partial charge on any atom is -0.392 e. The van der Waals surface area contributed by atoms with Crippen LogP contribution in [-0.4, -0.2) is 11.2 Å². The first-order valence-corrected chi connectivity index (χ1v) is 6.81. The molecule has 1 heteroatoms. The number of aliphatic hydroxyl groups is 1. The van der Waals surface area contributed by atoms with Gasteiger partial charge in [-0.25, -0.2) is 0 Å². The van der Waals surface area contributed by atoms with E-state index in [0.717, 1.165) is 23.7 Å². The third kappa shape index (κ3) is 0.826. The molecule has 1 aromatic rings. The van der Waals surface area contributed by atoms with Crippen LogP contribution in [0, 0.1) is 23.7 Å². The monoisotopic (exact) mass is 224 g/mol. The molecule has 1 nitrogen and oxygen atoms in total. The number of benzene rings is 1. The fraction of sp³-hybridized carbons (Fsp3) is 0.500. The molecule has 0 amide bonds. The third-order valence-electron chi connectivity index (χ3n) is 5.91. The lowest BCUT2D eigenvalue weighted by Gasteiger charge is -2.33. The van der Waals surface area contributed by atoms with Gasteiger partial charge in [-0.15, -0.1) is 0 Å². The summed E-state index contributed by atoms with van der Waals surface area (Å²) in [6.45, 7) is 0. The molecule has 1 aromatic carbocycles. The van der Waals surface area contributed by atoms with Crippen LogP contribution in [-0.2, 0) is 0 Å². The van der Waals surface area contributed by atoms with E-state index in [-0.39, 0.29) is 6.10 Å². The summed E-state index contributed by atoms with van der Waals surface area (Å²) in [5, 5.41) is 10.3. The Morgan fingerprint density at radius 2 is 1.41 bits per heavy atom. The van der Waals surface area contributed by atoms with E-state index in [4.69, 9.17) is 0 Å². The predicted molar refractivity (Wildman–Crippen MR) is 65.6 cm³/mol. The topological polar surface area (TPSA) is 20.2 Å². The quantitative estimate of drug-likeness (QED) is 0.530. The number of fused-ring (bicyclic) bond motifs is 12. The summed E-state index contributed by atoms with van der Waals surface area (Å²) in [5.74, 6) is 3.84. The maximum Gasteiger partial charge on any atom is 0.0671 e. The molecule has 2 fully saturated rings. The highest BCUT2D eigenvalue weighted by Crippen LogP contribution is 2.69. The Morgan fingerprint density at radius 1 is 0.882 bits per heavy atom. The van der Waals surface area contributed by atoms with Crippen molar-refractivity contribution in [3.05, 3.63) is 47.5 Å². The van der Waals surface area contributed by atoms with Crippen LogP contribution in [0.3, 0.4) is 0 Å². The van der Waals surface area contributed by atoms with Crippen molar-refractivity contribution in [1.29, 1.82) is 0 Å². The number of aliphatic hydroxyl groups excluding tert-OH is 1. The summed E-state index contributed by atoms with van der Waals surface area (Å²) < 4.78 is 0. The van der Waals surface area contributed by atoms with E-state index >= 15 is 0 Å². The van der Waals surface area contributed by atoms with Gasteiger partial charge in [-0.1, -0.05) is 36.4 Å². The second kappa shape index (κ2) is 2.67. The van der Waals surface area contributed by atoms with Crippen LogP contribution in [0.15, 0.2) is 36.4 Å². The molecule has 0 radical (unpaired) electrons. The largest absolute Gasteiger partial charge is 0.392 e. The molecule has 2 saturated carbocycles. The van der Waals surface area contributed by atoms with Crippen LogP contribution in [0.5, 0.6) is 0 Å². The molecule has 7 atom stereocenters. The van der Waals surface area contributed by atoms with Gasteiger partial charge in [0.15, 0.2) is 0 Å². The van der Waals surface area contributed by atoms with Gasteiger partial charge >= 0.3 is 0 Å². The Labute approximate surface area is 101 Å². The third-order valence-corrected chi connectivity index (χ3v) is 5.91. The van der Waals surface area contributed by atoms with Crippen molar-refractivity contribution in [2.75, 3.05) is 0 Å². The maximum atomic E-state index is 10.3. The van der Waals surface area contributed by atoms with Crippen LogP contribution in [0.2, 0.25) is 0 Å². The van der Waals surface area contributed by atoms with E-state index < -0.39 is 0 Å². The average Bonchev–Trinajstić information content (AvgIpc) is 3.07. The summed E-state index contributed by atoms with van der Waals surface area (Å²) in [4.78, 5) is 0. The van der Waals surface area contributed by atoms with Crippen molar-refractivity contribution in [2.24, 2.45) is 23.7 Å². The van der Waals surface area contributed by atoms with Gasteiger partial charge in [-0.05, 0) is 41.2 Å². The van der Waals surface area contributed by atoms with Crippen molar-refractivity contribution in [2.45, 2.75) is 24.4 Å². The van der Waals surface area contributed by atoms with Gasteiger partial charge < -0.3 is 5.11 Å².